The Labute approximate surface area is 76.1 Å². The fourth-order valence-corrected chi connectivity index (χ4v) is 1.57. The van der Waals surface area contributed by atoms with Crippen molar-refractivity contribution >= 4 is 0 Å². The van der Waals surface area contributed by atoms with E-state index in [1.807, 2.05) is 0 Å². The van der Waals surface area contributed by atoms with Crippen molar-refractivity contribution in [3.63, 3.8) is 0 Å². The van der Waals surface area contributed by atoms with Gasteiger partial charge in [-0.2, -0.15) is 0 Å². The highest BCUT2D eigenvalue weighted by Crippen LogP contribution is 2.17. The van der Waals surface area contributed by atoms with E-state index >= 15 is 0 Å². The first-order valence-electron chi connectivity index (χ1n) is 5.29. The predicted octanol–water partition coefficient (Wildman–Crippen LogP) is 1.52. The highest BCUT2D eigenvalue weighted by molar-refractivity contribution is 4.76. The summed E-state index contributed by atoms with van der Waals surface area (Å²) in [7, 11) is 0. The molecule has 0 aromatic heterocycles. The van der Waals surface area contributed by atoms with Crippen LogP contribution in [0.15, 0.2) is 0 Å². The number of hydrogen-bond acceptors (Lipinski definition) is 2. The van der Waals surface area contributed by atoms with Crippen molar-refractivity contribution in [2.24, 2.45) is 0 Å². The summed E-state index contributed by atoms with van der Waals surface area (Å²) in [5.41, 5.74) is 0. The summed E-state index contributed by atoms with van der Waals surface area (Å²) in [6.07, 6.45) is 5.48. The predicted molar refractivity (Wildman–Crippen MR) is 53.4 cm³/mol. The van der Waals surface area contributed by atoms with Gasteiger partial charge in [-0.25, -0.2) is 0 Å². The summed E-state index contributed by atoms with van der Waals surface area (Å²) < 4.78 is 0. The number of nitrogens with one attached hydrogen (secondary N) is 2. The van der Waals surface area contributed by atoms with Gasteiger partial charge in [0.15, 0.2) is 0 Å². The van der Waals surface area contributed by atoms with Crippen molar-refractivity contribution < 1.29 is 0 Å². The first-order chi connectivity index (χ1) is 5.83. The van der Waals surface area contributed by atoms with Crippen LogP contribution in [-0.4, -0.2) is 25.2 Å². The van der Waals surface area contributed by atoms with Gasteiger partial charge in [0, 0.05) is 12.1 Å². The normalized spacial score (nSPS) is 20.5. The lowest BCUT2D eigenvalue weighted by atomic mass is 9.93. The van der Waals surface area contributed by atoms with E-state index in [2.05, 4.69) is 24.5 Å². The van der Waals surface area contributed by atoms with E-state index in [0.29, 0.717) is 6.04 Å². The Bertz CT molecular complexity index is 110. The quantitative estimate of drug-likeness (QED) is 0.631. The van der Waals surface area contributed by atoms with Gasteiger partial charge in [0.05, 0.1) is 0 Å². The minimum absolute atomic E-state index is 0.669. The maximum absolute atomic E-state index is 3.57. The second-order valence-electron chi connectivity index (χ2n) is 3.83. The van der Waals surface area contributed by atoms with Crippen LogP contribution in [0.1, 0.15) is 39.5 Å². The van der Waals surface area contributed by atoms with Gasteiger partial charge >= 0.3 is 0 Å². The van der Waals surface area contributed by atoms with E-state index in [1.54, 1.807) is 0 Å². The van der Waals surface area contributed by atoms with Gasteiger partial charge in [-0.3, -0.25) is 0 Å². The fraction of sp³-hybridized carbons (Fsp3) is 1.00. The van der Waals surface area contributed by atoms with Crippen LogP contribution >= 0.6 is 0 Å². The average molecular weight is 170 g/mol. The van der Waals surface area contributed by atoms with Crippen LogP contribution in [0.3, 0.4) is 0 Å². The highest BCUT2D eigenvalue weighted by atomic mass is 14.9. The summed E-state index contributed by atoms with van der Waals surface area (Å²) in [5, 5.41) is 6.98. The molecule has 1 aliphatic rings. The van der Waals surface area contributed by atoms with Crippen LogP contribution in [0.4, 0.5) is 0 Å². The van der Waals surface area contributed by atoms with Crippen LogP contribution < -0.4 is 10.6 Å². The Morgan fingerprint density at radius 2 is 2.17 bits per heavy atom. The van der Waals surface area contributed by atoms with E-state index in [0.717, 1.165) is 12.6 Å². The molecule has 0 aromatic carbocycles. The maximum atomic E-state index is 3.57. The van der Waals surface area contributed by atoms with Gasteiger partial charge < -0.3 is 10.6 Å². The second kappa shape index (κ2) is 5.55. The van der Waals surface area contributed by atoms with Crippen molar-refractivity contribution in [3.05, 3.63) is 0 Å². The Morgan fingerprint density at radius 1 is 1.42 bits per heavy atom. The van der Waals surface area contributed by atoms with Gasteiger partial charge in [0.1, 0.15) is 0 Å². The third kappa shape index (κ3) is 3.55. The Balaban J connectivity index is 1.86. The smallest absolute Gasteiger partial charge is 0.00670 e. The van der Waals surface area contributed by atoms with Crippen molar-refractivity contribution in [1.82, 2.24) is 10.6 Å². The molecule has 0 heterocycles. The monoisotopic (exact) mass is 170 g/mol. The molecule has 0 aromatic rings. The van der Waals surface area contributed by atoms with Crippen molar-refractivity contribution in [1.29, 1.82) is 0 Å². The average Bonchev–Trinajstić information content (AvgIpc) is 1.95. The summed E-state index contributed by atoms with van der Waals surface area (Å²) in [6, 6.07) is 1.52. The Kier molecular flexibility index (Phi) is 4.62. The Hall–Kier alpha value is -0.0800. The zero-order chi connectivity index (χ0) is 8.81. The minimum Gasteiger partial charge on any atom is -0.314 e. The van der Waals surface area contributed by atoms with Crippen molar-refractivity contribution in [2.45, 2.75) is 51.6 Å². The molecule has 72 valence electrons. The van der Waals surface area contributed by atoms with E-state index in [9.17, 15) is 0 Å². The molecule has 2 heteroatoms. The van der Waals surface area contributed by atoms with Gasteiger partial charge in [-0.15, -0.1) is 0 Å². The molecule has 0 aliphatic heterocycles. The molecule has 2 nitrogen and oxygen atoms in total. The van der Waals surface area contributed by atoms with Gasteiger partial charge in [0.2, 0.25) is 0 Å². The summed E-state index contributed by atoms with van der Waals surface area (Å²) in [6.45, 7) is 6.69. The largest absolute Gasteiger partial charge is 0.314 e. The van der Waals surface area contributed by atoms with E-state index in [1.165, 1.54) is 32.2 Å². The summed E-state index contributed by atoms with van der Waals surface area (Å²) >= 11 is 0. The molecule has 12 heavy (non-hydrogen) atoms. The molecule has 1 atom stereocenters. The van der Waals surface area contributed by atoms with Crippen molar-refractivity contribution in [3.8, 4) is 0 Å². The maximum Gasteiger partial charge on any atom is 0.00670 e. The molecule has 0 amide bonds. The topological polar surface area (TPSA) is 24.1 Å². The molecule has 1 unspecified atom stereocenters. The molecule has 0 spiro atoms. The van der Waals surface area contributed by atoms with Crippen LogP contribution in [-0.2, 0) is 0 Å². The molecule has 1 rings (SSSR count). The SMILES string of the molecule is CCNC(C)CCNC1CCC1. The van der Waals surface area contributed by atoms with E-state index in [-0.39, 0.29) is 0 Å². The summed E-state index contributed by atoms with van der Waals surface area (Å²) in [5.74, 6) is 0. The van der Waals surface area contributed by atoms with Crippen LogP contribution in [0.2, 0.25) is 0 Å². The summed E-state index contributed by atoms with van der Waals surface area (Å²) in [4.78, 5) is 0. The molecule has 1 fully saturated rings. The van der Waals surface area contributed by atoms with E-state index in [4.69, 9.17) is 0 Å². The molecule has 1 saturated carbocycles. The molecular formula is C10H22N2. The highest BCUT2D eigenvalue weighted by Gasteiger charge is 2.15. The van der Waals surface area contributed by atoms with Crippen LogP contribution in [0.5, 0.6) is 0 Å². The lowest BCUT2D eigenvalue weighted by Gasteiger charge is -2.27. The van der Waals surface area contributed by atoms with Crippen molar-refractivity contribution in [2.75, 3.05) is 13.1 Å². The molecule has 0 bridgehead atoms. The lowest BCUT2D eigenvalue weighted by molar-refractivity contribution is 0.332. The van der Waals surface area contributed by atoms with Crippen LogP contribution in [0, 0.1) is 0 Å². The zero-order valence-corrected chi connectivity index (χ0v) is 8.40. The first-order valence-corrected chi connectivity index (χ1v) is 5.29. The van der Waals surface area contributed by atoms with Gasteiger partial charge in [0.25, 0.3) is 0 Å². The Morgan fingerprint density at radius 3 is 2.67 bits per heavy atom. The van der Waals surface area contributed by atoms with Crippen LogP contribution in [0.25, 0.3) is 0 Å². The van der Waals surface area contributed by atoms with E-state index < -0.39 is 0 Å². The number of hydrogen-bond donors (Lipinski definition) is 2. The zero-order valence-electron chi connectivity index (χ0n) is 8.40. The molecule has 1 aliphatic carbocycles. The minimum atomic E-state index is 0.669. The second-order valence-corrected chi connectivity index (χ2v) is 3.83. The van der Waals surface area contributed by atoms with Gasteiger partial charge in [-0.05, 0) is 39.3 Å². The molecule has 0 saturated heterocycles. The third-order valence-electron chi connectivity index (χ3n) is 2.67. The fourth-order valence-electron chi connectivity index (χ4n) is 1.57. The van der Waals surface area contributed by atoms with Gasteiger partial charge in [-0.1, -0.05) is 13.3 Å². The lowest BCUT2D eigenvalue weighted by Crippen LogP contribution is -2.38. The molecular weight excluding hydrogens is 148 g/mol. The molecule has 2 N–H and O–H groups in total. The standard InChI is InChI=1S/C10H22N2/c1-3-11-9(2)7-8-12-10-5-4-6-10/h9-12H,3-8H2,1-2H3. The number of rotatable bonds is 6. The third-order valence-corrected chi connectivity index (χ3v) is 2.67. The molecule has 0 radical (unpaired) electrons. The first kappa shape index (κ1) is 10.0.